The van der Waals surface area contributed by atoms with E-state index in [1.165, 1.54) is 0 Å². The number of hydrogen-bond acceptors (Lipinski definition) is 3. The predicted octanol–water partition coefficient (Wildman–Crippen LogP) is -0.632. The molecule has 0 spiro atoms. The largest absolute Gasteiger partial charge is 0.377 e. The van der Waals surface area contributed by atoms with Gasteiger partial charge in [-0.3, -0.25) is 4.79 Å². The van der Waals surface area contributed by atoms with Gasteiger partial charge in [-0.1, -0.05) is 0 Å². The second-order valence-electron chi connectivity index (χ2n) is 2.89. The van der Waals surface area contributed by atoms with Crippen molar-refractivity contribution >= 4 is 5.91 Å². The third-order valence-corrected chi connectivity index (χ3v) is 1.88. The number of primary amides is 1. The third kappa shape index (κ3) is 2.48. The molecule has 4 nitrogen and oxygen atoms in total. The Morgan fingerprint density at radius 2 is 2.45 bits per heavy atom. The molecule has 2 atom stereocenters. The summed E-state index contributed by atoms with van der Waals surface area (Å²) in [4.78, 5) is 10.5. The van der Waals surface area contributed by atoms with E-state index in [-0.39, 0.29) is 24.5 Å². The Morgan fingerprint density at radius 1 is 1.73 bits per heavy atom. The topological polar surface area (TPSA) is 78.3 Å². The van der Waals surface area contributed by atoms with Crippen LogP contribution in [0, 0.1) is 0 Å². The predicted molar refractivity (Wildman–Crippen MR) is 40.8 cm³/mol. The molecule has 1 aliphatic rings. The summed E-state index contributed by atoms with van der Waals surface area (Å²) in [6.45, 7) is 0.761. The van der Waals surface area contributed by atoms with Crippen LogP contribution in [-0.4, -0.2) is 24.7 Å². The van der Waals surface area contributed by atoms with Crippen LogP contribution in [-0.2, 0) is 9.53 Å². The van der Waals surface area contributed by atoms with Gasteiger partial charge in [0.05, 0.1) is 6.10 Å². The Labute approximate surface area is 65.9 Å². The highest BCUT2D eigenvalue weighted by Crippen LogP contribution is 2.15. The van der Waals surface area contributed by atoms with Crippen molar-refractivity contribution in [3.05, 3.63) is 0 Å². The van der Waals surface area contributed by atoms with Crippen LogP contribution in [0.2, 0.25) is 0 Å². The molecular formula is C7H14N2O2. The van der Waals surface area contributed by atoms with E-state index in [2.05, 4.69) is 0 Å². The highest BCUT2D eigenvalue weighted by Gasteiger charge is 2.23. The van der Waals surface area contributed by atoms with Crippen LogP contribution in [0.15, 0.2) is 0 Å². The minimum absolute atomic E-state index is 0.0440. The van der Waals surface area contributed by atoms with Crippen LogP contribution in [0.5, 0.6) is 0 Å². The van der Waals surface area contributed by atoms with Crippen LogP contribution in [0.25, 0.3) is 0 Å². The summed E-state index contributed by atoms with van der Waals surface area (Å²) in [5.74, 6) is -0.354. The molecule has 1 fully saturated rings. The highest BCUT2D eigenvalue weighted by molar-refractivity contribution is 5.74. The molecule has 1 unspecified atom stereocenters. The van der Waals surface area contributed by atoms with E-state index in [0.29, 0.717) is 0 Å². The molecule has 0 aromatic rings. The van der Waals surface area contributed by atoms with Gasteiger partial charge in [0.2, 0.25) is 5.91 Å². The summed E-state index contributed by atoms with van der Waals surface area (Å²) in [6.07, 6.45) is 2.26. The number of carbonyl (C=O) groups excluding carboxylic acids is 1. The maximum absolute atomic E-state index is 10.5. The molecule has 64 valence electrons. The summed E-state index contributed by atoms with van der Waals surface area (Å²) in [7, 11) is 0. The lowest BCUT2D eigenvalue weighted by atomic mass is 10.1. The van der Waals surface area contributed by atoms with Crippen LogP contribution in [0.1, 0.15) is 19.3 Å². The smallest absolute Gasteiger partial charge is 0.219 e. The molecule has 0 aromatic carbocycles. The van der Waals surface area contributed by atoms with Gasteiger partial charge in [-0.05, 0) is 12.8 Å². The maximum Gasteiger partial charge on any atom is 0.219 e. The molecule has 1 amide bonds. The molecule has 0 bridgehead atoms. The first-order valence-corrected chi connectivity index (χ1v) is 3.85. The van der Waals surface area contributed by atoms with Crippen LogP contribution in [0.4, 0.5) is 0 Å². The van der Waals surface area contributed by atoms with Crippen LogP contribution >= 0.6 is 0 Å². The average molecular weight is 158 g/mol. The quantitative estimate of drug-likeness (QED) is 0.574. The first-order chi connectivity index (χ1) is 5.20. The number of amides is 1. The zero-order valence-electron chi connectivity index (χ0n) is 6.45. The Hall–Kier alpha value is -0.610. The second-order valence-corrected chi connectivity index (χ2v) is 2.89. The van der Waals surface area contributed by atoms with E-state index in [1.807, 2.05) is 0 Å². The summed E-state index contributed by atoms with van der Waals surface area (Å²) in [6, 6.07) is -0.213. The van der Waals surface area contributed by atoms with Gasteiger partial charge < -0.3 is 16.2 Å². The van der Waals surface area contributed by atoms with Crippen molar-refractivity contribution in [2.45, 2.75) is 31.4 Å². The number of rotatable bonds is 3. The van der Waals surface area contributed by atoms with Gasteiger partial charge in [0.1, 0.15) is 0 Å². The molecule has 1 saturated heterocycles. The minimum Gasteiger partial charge on any atom is -0.377 e. The normalized spacial score (nSPS) is 26.8. The Morgan fingerprint density at radius 3 is 2.91 bits per heavy atom. The molecule has 1 aliphatic heterocycles. The van der Waals surface area contributed by atoms with Crippen molar-refractivity contribution in [2.75, 3.05) is 6.61 Å². The van der Waals surface area contributed by atoms with Crippen LogP contribution in [0.3, 0.4) is 0 Å². The summed E-state index contributed by atoms with van der Waals surface area (Å²) in [5, 5.41) is 0. The van der Waals surface area contributed by atoms with Gasteiger partial charge in [-0.15, -0.1) is 0 Å². The Balaban J connectivity index is 2.28. The standard InChI is InChI=1S/C7H14N2O2/c8-5(4-7(9)10)6-2-1-3-11-6/h5-6H,1-4,8H2,(H2,9,10)/t5-,6?/m1/s1. The van der Waals surface area contributed by atoms with E-state index in [0.717, 1.165) is 19.4 Å². The van der Waals surface area contributed by atoms with Crippen molar-refractivity contribution in [3.8, 4) is 0 Å². The molecule has 4 N–H and O–H groups in total. The van der Waals surface area contributed by atoms with E-state index >= 15 is 0 Å². The zero-order chi connectivity index (χ0) is 8.27. The molecular weight excluding hydrogens is 144 g/mol. The van der Waals surface area contributed by atoms with E-state index < -0.39 is 0 Å². The number of carbonyl (C=O) groups is 1. The summed E-state index contributed by atoms with van der Waals surface area (Å²) >= 11 is 0. The molecule has 0 aliphatic carbocycles. The van der Waals surface area contributed by atoms with Gasteiger partial charge in [0, 0.05) is 19.1 Å². The van der Waals surface area contributed by atoms with Crippen molar-refractivity contribution in [1.29, 1.82) is 0 Å². The van der Waals surface area contributed by atoms with Crippen molar-refractivity contribution in [1.82, 2.24) is 0 Å². The Bertz CT molecular complexity index is 143. The summed E-state index contributed by atoms with van der Waals surface area (Å²) < 4.78 is 5.28. The number of ether oxygens (including phenoxy) is 1. The molecule has 11 heavy (non-hydrogen) atoms. The fraction of sp³-hybridized carbons (Fsp3) is 0.857. The first kappa shape index (κ1) is 8.49. The van der Waals surface area contributed by atoms with Gasteiger partial charge in [0.15, 0.2) is 0 Å². The molecule has 0 aromatic heterocycles. The molecule has 4 heteroatoms. The lowest BCUT2D eigenvalue weighted by Crippen LogP contribution is -2.37. The highest BCUT2D eigenvalue weighted by atomic mass is 16.5. The molecule has 1 rings (SSSR count). The van der Waals surface area contributed by atoms with Gasteiger partial charge in [-0.2, -0.15) is 0 Å². The zero-order valence-corrected chi connectivity index (χ0v) is 6.45. The van der Waals surface area contributed by atoms with E-state index in [1.54, 1.807) is 0 Å². The monoisotopic (exact) mass is 158 g/mol. The van der Waals surface area contributed by atoms with E-state index in [9.17, 15) is 4.79 Å². The minimum atomic E-state index is -0.354. The first-order valence-electron chi connectivity index (χ1n) is 3.85. The van der Waals surface area contributed by atoms with E-state index in [4.69, 9.17) is 16.2 Å². The van der Waals surface area contributed by atoms with Crippen molar-refractivity contribution < 1.29 is 9.53 Å². The number of nitrogens with two attached hydrogens (primary N) is 2. The lowest BCUT2D eigenvalue weighted by molar-refractivity contribution is -0.119. The SMILES string of the molecule is NC(=O)C[C@@H](N)C1CCCO1. The maximum atomic E-state index is 10.5. The van der Waals surface area contributed by atoms with Gasteiger partial charge in [-0.25, -0.2) is 0 Å². The molecule has 0 saturated carbocycles. The van der Waals surface area contributed by atoms with Gasteiger partial charge >= 0.3 is 0 Å². The fourth-order valence-electron chi connectivity index (χ4n) is 1.30. The average Bonchev–Trinajstić information content (AvgIpc) is 2.35. The lowest BCUT2D eigenvalue weighted by Gasteiger charge is -2.16. The van der Waals surface area contributed by atoms with Crippen LogP contribution < -0.4 is 11.5 Å². The van der Waals surface area contributed by atoms with Crippen molar-refractivity contribution in [2.24, 2.45) is 11.5 Å². The molecule has 1 heterocycles. The second kappa shape index (κ2) is 3.69. The molecule has 0 radical (unpaired) electrons. The van der Waals surface area contributed by atoms with Crippen molar-refractivity contribution in [3.63, 3.8) is 0 Å². The third-order valence-electron chi connectivity index (χ3n) is 1.88. The fourth-order valence-corrected chi connectivity index (χ4v) is 1.30. The Kier molecular flexibility index (Phi) is 2.84. The van der Waals surface area contributed by atoms with Gasteiger partial charge in [0.25, 0.3) is 0 Å². The summed E-state index contributed by atoms with van der Waals surface area (Å²) in [5.41, 5.74) is 10.6. The number of hydrogen-bond donors (Lipinski definition) is 2.